The van der Waals surface area contributed by atoms with Gasteiger partial charge in [0.1, 0.15) is 48.8 Å². The molecule has 90 heavy (non-hydrogen) atoms. The molecule has 12 unspecified atom stereocenters. The molecule has 2 aliphatic heterocycles. The molecule has 0 aliphatic carbocycles. The summed E-state index contributed by atoms with van der Waals surface area (Å²) < 4.78 is 22.8. The summed E-state index contributed by atoms with van der Waals surface area (Å²) in [6.07, 6.45) is 68.5. The summed E-state index contributed by atoms with van der Waals surface area (Å²) >= 11 is 0. The van der Waals surface area contributed by atoms with Crippen LogP contribution in [0.15, 0.2) is 109 Å². The van der Waals surface area contributed by atoms with Crippen LogP contribution in [0.4, 0.5) is 0 Å². The van der Waals surface area contributed by atoms with Gasteiger partial charge in [-0.2, -0.15) is 0 Å². The average Bonchev–Trinajstić information content (AvgIpc) is 1.26. The smallest absolute Gasteiger partial charge is 0.220 e. The first kappa shape index (κ1) is 82.7. The van der Waals surface area contributed by atoms with Crippen LogP contribution >= 0.6 is 0 Å². The fraction of sp³-hybridized carbons (Fsp3) is 0.750. The Morgan fingerprint density at radius 2 is 0.778 bits per heavy atom. The third-order valence-corrected chi connectivity index (χ3v) is 16.9. The molecule has 2 rings (SSSR count). The molecule has 0 aromatic heterocycles. The second kappa shape index (κ2) is 59.4. The van der Waals surface area contributed by atoms with Crippen molar-refractivity contribution in [3.63, 3.8) is 0 Å². The Morgan fingerprint density at radius 1 is 0.411 bits per heavy atom. The number of rotatable bonds is 58. The van der Waals surface area contributed by atoms with Gasteiger partial charge in [0.05, 0.1) is 32.0 Å². The lowest BCUT2D eigenvalue weighted by atomic mass is 9.97. The van der Waals surface area contributed by atoms with E-state index in [0.29, 0.717) is 12.8 Å². The van der Waals surface area contributed by atoms with E-state index in [0.717, 1.165) is 103 Å². The molecule has 0 bridgehead atoms. The van der Waals surface area contributed by atoms with Gasteiger partial charge in [-0.3, -0.25) is 4.79 Å². The highest BCUT2D eigenvalue weighted by Crippen LogP contribution is 2.30. The maximum absolute atomic E-state index is 13.3. The third-order valence-electron chi connectivity index (χ3n) is 16.9. The number of unbranched alkanes of at least 4 members (excludes halogenated alkanes) is 29. The fourth-order valence-electron chi connectivity index (χ4n) is 11.2. The van der Waals surface area contributed by atoms with Gasteiger partial charge in [0.25, 0.3) is 0 Å². The van der Waals surface area contributed by atoms with Crippen LogP contribution in [0.5, 0.6) is 0 Å². The average molecular weight is 1270 g/mol. The summed E-state index contributed by atoms with van der Waals surface area (Å²) in [5, 5.41) is 87.5. The molecule has 14 heteroatoms. The van der Waals surface area contributed by atoms with Crippen LogP contribution in [0.3, 0.4) is 0 Å². The summed E-state index contributed by atoms with van der Waals surface area (Å²) in [5.74, 6) is -0.263. The standard InChI is InChI=1S/C76H131NO13/c1-3-5-7-9-11-13-15-17-19-21-23-25-27-29-31-32-34-36-38-40-42-44-46-48-50-52-54-56-58-60-68(81)77-64(63-87-75-73(86)71(84)74(67(62-79)89-75)90-76-72(85)70(83)69(82)66(61-78)88-76)65(80)59-57-55-53-51-49-47-45-43-41-39-37-35-33-30-28-26-24-22-20-18-16-14-12-10-8-6-4-2/h5,7,11,13,17,19,23,25,29,31,34,36,40,42,49,51,57,59,64-67,69-76,78-80,82-86H,3-4,6,8-10,12,14-16,18,20-22,24,26-28,30,32-33,35,37-39,41,43-48,50,52-56,58,60-63H2,1-2H3,(H,77,81)/b7-5-,13-11-,19-17-,25-23-,31-29-,36-34-,42-40-,51-49+,59-57+. The Morgan fingerprint density at radius 3 is 1.22 bits per heavy atom. The van der Waals surface area contributed by atoms with Gasteiger partial charge in [0.15, 0.2) is 12.6 Å². The minimum atomic E-state index is -1.80. The SMILES string of the molecule is CC/C=C\C/C=C\C/C=C\C/C=C\C/C=C\C/C=C\C/C=C\CCCCCCCCCC(=O)NC(COC1OC(CO)C(OC2OC(CO)C(O)C(O)C2O)C(O)C1O)C(O)/C=C/CC/C=C/CCCCCCCCCCCCCCCCCCCCCCC. The summed E-state index contributed by atoms with van der Waals surface area (Å²) in [4.78, 5) is 13.3. The summed E-state index contributed by atoms with van der Waals surface area (Å²) in [5.41, 5.74) is 0. The molecule has 0 radical (unpaired) electrons. The first-order valence-corrected chi connectivity index (χ1v) is 36.1. The van der Waals surface area contributed by atoms with Crippen molar-refractivity contribution >= 4 is 5.91 Å². The lowest BCUT2D eigenvalue weighted by Crippen LogP contribution is -2.65. The molecule has 1 amide bonds. The molecular weight excluding hydrogens is 1130 g/mol. The molecule has 518 valence electrons. The summed E-state index contributed by atoms with van der Waals surface area (Å²) in [6, 6.07) is -0.948. The number of carbonyl (C=O) groups is 1. The van der Waals surface area contributed by atoms with Gasteiger partial charge in [-0.15, -0.1) is 0 Å². The van der Waals surface area contributed by atoms with Crippen molar-refractivity contribution in [1.29, 1.82) is 0 Å². The minimum Gasteiger partial charge on any atom is -0.394 e. The fourth-order valence-corrected chi connectivity index (χ4v) is 11.2. The molecule has 2 saturated heterocycles. The third kappa shape index (κ3) is 42.8. The van der Waals surface area contributed by atoms with Crippen molar-refractivity contribution in [2.24, 2.45) is 0 Å². The predicted molar refractivity (Wildman–Crippen MR) is 369 cm³/mol. The van der Waals surface area contributed by atoms with E-state index in [9.17, 15) is 45.6 Å². The zero-order valence-corrected chi connectivity index (χ0v) is 56.3. The number of nitrogens with one attached hydrogen (secondary N) is 1. The first-order valence-electron chi connectivity index (χ1n) is 36.1. The van der Waals surface area contributed by atoms with Crippen LogP contribution in [0.25, 0.3) is 0 Å². The number of hydrogen-bond acceptors (Lipinski definition) is 13. The maximum atomic E-state index is 13.3. The highest BCUT2D eigenvalue weighted by Gasteiger charge is 2.51. The quantitative estimate of drug-likeness (QED) is 0.0204. The van der Waals surface area contributed by atoms with Crippen molar-refractivity contribution in [1.82, 2.24) is 5.32 Å². The summed E-state index contributed by atoms with van der Waals surface area (Å²) in [7, 11) is 0. The Kier molecular flexibility index (Phi) is 54.6. The second-order valence-electron chi connectivity index (χ2n) is 25.0. The van der Waals surface area contributed by atoms with Crippen LogP contribution in [0, 0.1) is 0 Å². The summed E-state index contributed by atoms with van der Waals surface area (Å²) in [6.45, 7) is 2.68. The number of aliphatic hydroxyl groups is 8. The molecule has 2 aliphatic rings. The number of carbonyl (C=O) groups excluding carboxylic acids is 1. The van der Waals surface area contributed by atoms with Gasteiger partial charge >= 0.3 is 0 Å². The van der Waals surface area contributed by atoms with E-state index in [4.69, 9.17) is 18.9 Å². The van der Waals surface area contributed by atoms with E-state index in [2.05, 4.69) is 116 Å². The molecule has 12 atom stereocenters. The van der Waals surface area contributed by atoms with Crippen LogP contribution < -0.4 is 5.32 Å². The normalized spacial score (nSPS) is 23.6. The predicted octanol–water partition coefficient (Wildman–Crippen LogP) is 15.1. The van der Waals surface area contributed by atoms with Crippen molar-refractivity contribution in [2.75, 3.05) is 19.8 Å². The molecule has 9 N–H and O–H groups in total. The maximum Gasteiger partial charge on any atom is 0.220 e. The Bertz CT molecular complexity index is 1930. The van der Waals surface area contributed by atoms with Gasteiger partial charge in [0.2, 0.25) is 5.91 Å². The molecule has 0 aromatic rings. The molecule has 2 heterocycles. The lowest BCUT2D eigenvalue weighted by molar-refractivity contribution is -0.359. The molecule has 2 fully saturated rings. The number of amides is 1. The highest BCUT2D eigenvalue weighted by molar-refractivity contribution is 5.76. The Balaban J connectivity index is 1.71. The first-order chi connectivity index (χ1) is 44.1. The van der Waals surface area contributed by atoms with E-state index < -0.39 is 86.8 Å². The van der Waals surface area contributed by atoms with Crippen LogP contribution in [-0.4, -0.2) is 140 Å². The van der Waals surface area contributed by atoms with E-state index in [-0.39, 0.29) is 18.9 Å². The van der Waals surface area contributed by atoms with Crippen LogP contribution in [0.1, 0.15) is 271 Å². The van der Waals surface area contributed by atoms with Crippen LogP contribution in [-0.2, 0) is 23.7 Å². The monoisotopic (exact) mass is 1270 g/mol. The van der Waals surface area contributed by atoms with Gasteiger partial charge in [0, 0.05) is 6.42 Å². The van der Waals surface area contributed by atoms with Crippen molar-refractivity contribution in [3.8, 4) is 0 Å². The van der Waals surface area contributed by atoms with Crippen molar-refractivity contribution < 1.29 is 64.6 Å². The van der Waals surface area contributed by atoms with Crippen molar-refractivity contribution in [2.45, 2.75) is 344 Å². The minimum absolute atomic E-state index is 0.254. The largest absolute Gasteiger partial charge is 0.394 e. The molecule has 14 nitrogen and oxygen atoms in total. The van der Waals surface area contributed by atoms with E-state index in [1.54, 1.807) is 6.08 Å². The van der Waals surface area contributed by atoms with E-state index >= 15 is 0 Å². The molecule has 0 saturated carbocycles. The van der Waals surface area contributed by atoms with Gasteiger partial charge in [-0.1, -0.05) is 284 Å². The topological polar surface area (TPSA) is 228 Å². The second-order valence-corrected chi connectivity index (χ2v) is 25.0. The molecular formula is C76H131NO13. The number of allylic oxidation sites excluding steroid dienone is 17. The van der Waals surface area contributed by atoms with Crippen molar-refractivity contribution in [3.05, 3.63) is 109 Å². The number of ether oxygens (including phenoxy) is 4. The zero-order valence-electron chi connectivity index (χ0n) is 56.3. The van der Waals surface area contributed by atoms with Gasteiger partial charge < -0.3 is 65.1 Å². The molecule has 0 spiro atoms. The van der Waals surface area contributed by atoms with E-state index in [1.807, 2.05) is 6.08 Å². The number of hydrogen-bond donors (Lipinski definition) is 9. The Hall–Kier alpha value is -3.35. The molecule has 0 aromatic carbocycles. The number of aliphatic hydroxyl groups excluding tert-OH is 8. The van der Waals surface area contributed by atoms with Crippen LogP contribution in [0.2, 0.25) is 0 Å². The van der Waals surface area contributed by atoms with Gasteiger partial charge in [-0.05, 0) is 89.9 Å². The highest BCUT2D eigenvalue weighted by atomic mass is 16.7. The lowest BCUT2D eigenvalue weighted by Gasteiger charge is -2.46. The van der Waals surface area contributed by atoms with E-state index in [1.165, 1.54) is 135 Å². The van der Waals surface area contributed by atoms with Gasteiger partial charge in [-0.25, -0.2) is 0 Å². The Labute approximate surface area is 546 Å². The zero-order chi connectivity index (χ0) is 65.2.